The summed E-state index contributed by atoms with van der Waals surface area (Å²) in [6.45, 7) is 0.932. The largest absolute Gasteiger partial charge is 0.487 e. The maximum absolute atomic E-state index is 13.3. The van der Waals surface area contributed by atoms with Crippen LogP contribution in [0.15, 0.2) is 48.8 Å². The third-order valence-corrected chi connectivity index (χ3v) is 4.44. The number of rotatable bonds is 6. The highest BCUT2D eigenvalue weighted by Gasteiger charge is 2.31. The molecule has 0 radical (unpaired) electrons. The molecule has 0 spiro atoms. The van der Waals surface area contributed by atoms with E-state index in [9.17, 15) is 13.6 Å². The van der Waals surface area contributed by atoms with Crippen molar-refractivity contribution in [1.82, 2.24) is 20.3 Å². The molecule has 30 heavy (non-hydrogen) atoms. The second-order valence-electron chi connectivity index (χ2n) is 6.64. The Morgan fingerprint density at radius 2 is 1.90 bits per heavy atom. The predicted octanol–water partition coefficient (Wildman–Crippen LogP) is 2.52. The fraction of sp³-hybridized carbons (Fsp3) is 0.200. The molecule has 1 aromatic heterocycles. The van der Waals surface area contributed by atoms with Crippen LogP contribution in [0.1, 0.15) is 10.4 Å². The van der Waals surface area contributed by atoms with Gasteiger partial charge in [0.2, 0.25) is 11.9 Å². The van der Waals surface area contributed by atoms with Crippen molar-refractivity contribution in [3.8, 4) is 5.75 Å². The molecule has 154 valence electrons. The molecule has 0 saturated carbocycles. The van der Waals surface area contributed by atoms with Crippen molar-refractivity contribution in [2.45, 2.75) is 6.10 Å². The number of benzene rings is 2. The van der Waals surface area contributed by atoms with E-state index in [4.69, 9.17) is 4.74 Å². The first-order valence-electron chi connectivity index (χ1n) is 9.16. The molecule has 1 aliphatic heterocycles. The molecule has 0 unspecified atom stereocenters. The SMILES string of the molecule is CNC(=O)c1cccc(Nc2ncnc(N3CC(Oc4cc(F)cc(F)c4)C3)n2)c1. The minimum absolute atomic E-state index is 0.145. The summed E-state index contributed by atoms with van der Waals surface area (Å²) in [5, 5.41) is 5.62. The van der Waals surface area contributed by atoms with Gasteiger partial charge in [-0.1, -0.05) is 6.07 Å². The molecular weight excluding hydrogens is 394 g/mol. The molecular formula is C20H18F2N6O2. The zero-order chi connectivity index (χ0) is 21.1. The normalized spacial score (nSPS) is 13.5. The smallest absolute Gasteiger partial charge is 0.251 e. The van der Waals surface area contributed by atoms with Gasteiger partial charge in [0.15, 0.2) is 0 Å². The van der Waals surface area contributed by atoms with Crippen LogP contribution in [0.4, 0.5) is 26.4 Å². The van der Waals surface area contributed by atoms with E-state index in [0.29, 0.717) is 36.2 Å². The Morgan fingerprint density at radius 1 is 1.13 bits per heavy atom. The molecule has 3 aromatic rings. The fourth-order valence-electron chi connectivity index (χ4n) is 2.98. The molecule has 1 aliphatic rings. The average Bonchev–Trinajstić information content (AvgIpc) is 2.69. The number of nitrogens with zero attached hydrogens (tertiary/aromatic N) is 4. The minimum atomic E-state index is -0.685. The Morgan fingerprint density at radius 3 is 2.63 bits per heavy atom. The summed E-state index contributed by atoms with van der Waals surface area (Å²) in [5.41, 5.74) is 1.17. The topological polar surface area (TPSA) is 92.3 Å². The summed E-state index contributed by atoms with van der Waals surface area (Å²) in [6.07, 6.45) is 1.15. The molecule has 4 rings (SSSR count). The maximum Gasteiger partial charge on any atom is 0.251 e. The van der Waals surface area contributed by atoms with Crippen molar-refractivity contribution in [2.24, 2.45) is 0 Å². The summed E-state index contributed by atoms with van der Waals surface area (Å²) in [7, 11) is 1.56. The lowest BCUT2D eigenvalue weighted by atomic mass is 10.2. The zero-order valence-electron chi connectivity index (χ0n) is 16.0. The van der Waals surface area contributed by atoms with E-state index in [1.165, 1.54) is 6.33 Å². The van der Waals surface area contributed by atoms with Gasteiger partial charge in [0.05, 0.1) is 13.1 Å². The van der Waals surface area contributed by atoms with Crippen molar-refractivity contribution < 1.29 is 18.3 Å². The van der Waals surface area contributed by atoms with Crippen LogP contribution in [0, 0.1) is 11.6 Å². The predicted molar refractivity (Wildman–Crippen MR) is 106 cm³/mol. The van der Waals surface area contributed by atoms with Gasteiger partial charge in [-0.3, -0.25) is 4.79 Å². The van der Waals surface area contributed by atoms with E-state index < -0.39 is 11.6 Å². The van der Waals surface area contributed by atoms with E-state index >= 15 is 0 Å². The second-order valence-corrected chi connectivity index (χ2v) is 6.64. The number of nitrogens with one attached hydrogen (secondary N) is 2. The lowest BCUT2D eigenvalue weighted by Crippen LogP contribution is -2.54. The number of carbonyl (C=O) groups excluding carboxylic acids is 1. The Labute approximate surface area is 170 Å². The summed E-state index contributed by atoms with van der Waals surface area (Å²) < 4.78 is 32.1. The zero-order valence-corrected chi connectivity index (χ0v) is 16.0. The molecule has 2 aromatic carbocycles. The van der Waals surface area contributed by atoms with Gasteiger partial charge in [-0.15, -0.1) is 0 Å². The van der Waals surface area contributed by atoms with Gasteiger partial charge in [-0.2, -0.15) is 4.98 Å². The molecule has 0 aliphatic carbocycles. The lowest BCUT2D eigenvalue weighted by molar-refractivity contribution is 0.0963. The Balaban J connectivity index is 1.38. The van der Waals surface area contributed by atoms with E-state index in [1.807, 2.05) is 4.90 Å². The minimum Gasteiger partial charge on any atom is -0.487 e. The third-order valence-electron chi connectivity index (χ3n) is 4.44. The lowest BCUT2D eigenvalue weighted by Gasteiger charge is -2.38. The van der Waals surface area contributed by atoms with Crippen molar-refractivity contribution in [3.63, 3.8) is 0 Å². The van der Waals surface area contributed by atoms with Crippen molar-refractivity contribution in [1.29, 1.82) is 0 Å². The van der Waals surface area contributed by atoms with Gasteiger partial charge in [0.1, 0.15) is 29.8 Å². The van der Waals surface area contributed by atoms with Crippen molar-refractivity contribution in [3.05, 3.63) is 66.0 Å². The van der Waals surface area contributed by atoms with Crippen LogP contribution in [0.25, 0.3) is 0 Å². The number of amides is 1. The number of carbonyl (C=O) groups is 1. The van der Waals surface area contributed by atoms with Crippen LogP contribution in [0.5, 0.6) is 5.75 Å². The standard InChI is InChI=1S/C20H18F2N6O2/c1-23-18(29)12-3-2-4-15(5-12)26-19-24-11-25-20(27-19)28-9-17(10-28)30-16-7-13(21)6-14(22)8-16/h2-8,11,17H,9-10H2,1H3,(H,23,29)(H,24,25,26,27). The van der Waals surface area contributed by atoms with Gasteiger partial charge < -0.3 is 20.3 Å². The van der Waals surface area contributed by atoms with Crippen LogP contribution in [-0.2, 0) is 0 Å². The van der Waals surface area contributed by atoms with Crippen molar-refractivity contribution in [2.75, 3.05) is 30.4 Å². The van der Waals surface area contributed by atoms with Gasteiger partial charge in [-0.25, -0.2) is 18.7 Å². The Hall–Kier alpha value is -3.82. The highest BCUT2D eigenvalue weighted by atomic mass is 19.1. The maximum atomic E-state index is 13.3. The number of hydrogen-bond donors (Lipinski definition) is 2. The highest BCUT2D eigenvalue weighted by Crippen LogP contribution is 2.24. The monoisotopic (exact) mass is 412 g/mol. The average molecular weight is 412 g/mol. The summed E-state index contributed by atoms with van der Waals surface area (Å²) in [5.74, 6) is -0.651. The number of hydrogen-bond acceptors (Lipinski definition) is 7. The fourth-order valence-corrected chi connectivity index (χ4v) is 2.98. The molecule has 2 heterocycles. The molecule has 2 N–H and O–H groups in total. The number of ether oxygens (including phenoxy) is 1. The number of aromatic nitrogens is 3. The van der Waals surface area contributed by atoms with Gasteiger partial charge >= 0.3 is 0 Å². The molecule has 1 amide bonds. The van der Waals surface area contributed by atoms with Gasteiger partial charge in [-0.05, 0) is 18.2 Å². The Bertz CT molecular complexity index is 1050. The summed E-state index contributed by atoms with van der Waals surface area (Å²) in [6, 6.07) is 10.0. The first kappa shape index (κ1) is 19.5. The van der Waals surface area contributed by atoms with Crippen LogP contribution >= 0.6 is 0 Å². The first-order valence-corrected chi connectivity index (χ1v) is 9.16. The molecule has 10 heteroatoms. The van der Waals surface area contributed by atoms with E-state index in [0.717, 1.165) is 18.2 Å². The molecule has 0 bridgehead atoms. The first-order chi connectivity index (χ1) is 14.5. The Kier molecular flexibility index (Phi) is 5.38. The van der Waals surface area contributed by atoms with Crippen LogP contribution in [-0.4, -0.2) is 47.1 Å². The van der Waals surface area contributed by atoms with E-state index in [2.05, 4.69) is 25.6 Å². The third kappa shape index (κ3) is 4.43. The van der Waals surface area contributed by atoms with Crippen LogP contribution in [0.3, 0.4) is 0 Å². The molecule has 0 atom stereocenters. The highest BCUT2D eigenvalue weighted by molar-refractivity contribution is 5.95. The quantitative estimate of drug-likeness (QED) is 0.643. The van der Waals surface area contributed by atoms with Gasteiger partial charge in [0.25, 0.3) is 5.91 Å². The second kappa shape index (κ2) is 8.27. The van der Waals surface area contributed by atoms with Crippen molar-refractivity contribution >= 4 is 23.5 Å². The van der Waals surface area contributed by atoms with Crippen LogP contribution in [0.2, 0.25) is 0 Å². The number of halogens is 2. The number of anilines is 3. The molecule has 1 saturated heterocycles. The molecule has 8 nitrogen and oxygen atoms in total. The van der Waals surface area contributed by atoms with E-state index in [-0.39, 0.29) is 17.8 Å². The van der Waals surface area contributed by atoms with E-state index in [1.54, 1.807) is 31.3 Å². The van der Waals surface area contributed by atoms with Gasteiger partial charge in [0, 0.05) is 36.5 Å². The summed E-state index contributed by atoms with van der Waals surface area (Å²) in [4.78, 5) is 26.2. The summed E-state index contributed by atoms with van der Waals surface area (Å²) >= 11 is 0. The van der Waals surface area contributed by atoms with Crippen LogP contribution < -0.4 is 20.3 Å². The molecule has 1 fully saturated rings.